The summed E-state index contributed by atoms with van der Waals surface area (Å²) >= 11 is 0. The lowest BCUT2D eigenvalue weighted by Crippen LogP contribution is -2.37. The van der Waals surface area contributed by atoms with Gasteiger partial charge >= 0.3 is 11.9 Å². The Bertz CT molecular complexity index is 274. The highest BCUT2D eigenvalue weighted by Crippen LogP contribution is 2.08. The molecule has 0 radical (unpaired) electrons. The number of carbonyl (C=O) groups excluding carboxylic acids is 2. The first-order valence-corrected chi connectivity index (χ1v) is 6.68. The summed E-state index contributed by atoms with van der Waals surface area (Å²) in [6.45, 7) is 1.15. The summed E-state index contributed by atoms with van der Waals surface area (Å²) in [5, 5.41) is 0. The molecule has 0 aliphatic rings. The molecular weight excluding hydrogens is 248 g/mol. The molecule has 0 saturated heterocycles. The second-order valence-electron chi connectivity index (χ2n) is 4.49. The van der Waals surface area contributed by atoms with Crippen molar-refractivity contribution >= 4 is 11.9 Å². The molecule has 19 heavy (non-hydrogen) atoms. The molecule has 0 rings (SSSR count). The van der Waals surface area contributed by atoms with Crippen LogP contribution in [0.25, 0.3) is 0 Å². The summed E-state index contributed by atoms with van der Waals surface area (Å²) in [5.41, 5.74) is 21.8. The zero-order valence-corrected chi connectivity index (χ0v) is 11.3. The van der Waals surface area contributed by atoms with E-state index in [4.69, 9.17) is 27.7 Å². The highest BCUT2D eigenvalue weighted by molar-refractivity contribution is 5.89. The fourth-order valence-corrected chi connectivity index (χ4v) is 1.58. The minimum atomic E-state index is -0.788. The molecule has 0 aromatic rings. The van der Waals surface area contributed by atoms with Crippen LogP contribution < -0.4 is 22.9 Å². The van der Waals surface area contributed by atoms with E-state index in [1.165, 1.54) is 0 Å². The molecular formula is C12H26N4O3. The van der Waals surface area contributed by atoms with E-state index in [9.17, 15) is 9.59 Å². The summed E-state index contributed by atoms with van der Waals surface area (Å²) < 4.78 is 4.74. The summed E-state index contributed by atoms with van der Waals surface area (Å²) in [5.74, 6) is -1.81. The zero-order chi connectivity index (χ0) is 14.7. The number of hydrogen-bond donors (Lipinski definition) is 4. The molecule has 0 bridgehead atoms. The van der Waals surface area contributed by atoms with E-state index < -0.39 is 23.9 Å². The Kier molecular flexibility index (Phi) is 10.3. The van der Waals surface area contributed by atoms with Gasteiger partial charge in [0.05, 0.1) is 5.92 Å². The van der Waals surface area contributed by atoms with Crippen LogP contribution in [0.2, 0.25) is 0 Å². The van der Waals surface area contributed by atoms with Crippen molar-refractivity contribution < 1.29 is 14.3 Å². The van der Waals surface area contributed by atoms with Crippen LogP contribution in [0.15, 0.2) is 0 Å². The third kappa shape index (κ3) is 7.89. The molecule has 0 aromatic carbocycles. The topological polar surface area (TPSA) is 147 Å². The van der Waals surface area contributed by atoms with Gasteiger partial charge in [-0.1, -0.05) is 6.42 Å². The maximum atomic E-state index is 11.7. The molecule has 0 aliphatic heterocycles. The molecule has 7 nitrogen and oxygen atoms in total. The number of nitrogens with two attached hydrogens (primary N) is 4. The predicted octanol–water partition coefficient (Wildman–Crippen LogP) is -1.17. The molecule has 8 N–H and O–H groups in total. The maximum Gasteiger partial charge on any atom is 0.330 e. The average Bonchev–Trinajstić information content (AvgIpc) is 2.39. The maximum absolute atomic E-state index is 11.7. The number of rotatable bonds is 10. The number of esters is 2. The second-order valence-corrected chi connectivity index (χ2v) is 4.49. The van der Waals surface area contributed by atoms with E-state index >= 15 is 0 Å². The third-order valence-electron chi connectivity index (χ3n) is 2.85. The van der Waals surface area contributed by atoms with Gasteiger partial charge in [-0.25, -0.2) is 4.79 Å². The summed E-state index contributed by atoms with van der Waals surface area (Å²) in [4.78, 5) is 23.3. The lowest BCUT2D eigenvalue weighted by molar-refractivity contribution is -0.163. The summed E-state index contributed by atoms with van der Waals surface area (Å²) in [6.07, 6.45) is 3.15. The van der Waals surface area contributed by atoms with E-state index in [0.717, 1.165) is 12.8 Å². The van der Waals surface area contributed by atoms with Crippen molar-refractivity contribution in [2.75, 3.05) is 19.6 Å². The molecule has 0 amide bonds. The van der Waals surface area contributed by atoms with Crippen molar-refractivity contribution in [3.63, 3.8) is 0 Å². The first-order chi connectivity index (χ1) is 9.06. The van der Waals surface area contributed by atoms with Crippen LogP contribution in [0.5, 0.6) is 0 Å². The van der Waals surface area contributed by atoms with E-state index in [1.807, 2.05) is 0 Å². The van der Waals surface area contributed by atoms with Crippen molar-refractivity contribution in [1.82, 2.24) is 0 Å². The molecule has 0 aromatic heterocycles. The monoisotopic (exact) mass is 274 g/mol. The van der Waals surface area contributed by atoms with Crippen LogP contribution in [0.4, 0.5) is 0 Å². The van der Waals surface area contributed by atoms with Crippen LogP contribution in [0.1, 0.15) is 32.1 Å². The molecule has 112 valence electrons. The first kappa shape index (κ1) is 18.0. The van der Waals surface area contributed by atoms with E-state index in [2.05, 4.69) is 0 Å². The second kappa shape index (κ2) is 10.9. The minimum absolute atomic E-state index is 0.133. The van der Waals surface area contributed by atoms with Crippen LogP contribution in [-0.4, -0.2) is 37.6 Å². The van der Waals surface area contributed by atoms with Crippen LogP contribution in [0.3, 0.4) is 0 Å². The van der Waals surface area contributed by atoms with Crippen molar-refractivity contribution in [1.29, 1.82) is 0 Å². The molecule has 0 spiro atoms. The number of unbranched alkanes of at least 4 members (excludes halogenated alkanes) is 1. The van der Waals surface area contributed by atoms with Gasteiger partial charge in [-0.3, -0.25) is 4.79 Å². The van der Waals surface area contributed by atoms with Crippen LogP contribution in [0, 0.1) is 5.92 Å². The summed E-state index contributed by atoms with van der Waals surface area (Å²) in [7, 11) is 0. The quantitative estimate of drug-likeness (QED) is 0.223. The third-order valence-corrected chi connectivity index (χ3v) is 2.85. The SMILES string of the molecule is NCCCC[C@H](N)C(=O)OC(=O)C(CN)CCCN. The Labute approximate surface area is 114 Å². The van der Waals surface area contributed by atoms with Gasteiger partial charge in [-0.15, -0.1) is 0 Å². The largest absolute Gasteiger partial charge is 0.392 e. The fourth-order valence-electron chi connectivity index (χ4n) is 1.58. The molecule has 0 aliphatic carbocycles. The van der Waals surface area contributed by atoms with Gasteiger partial charge in [0, 0.05) is 6.54 Å². The first-order valence-electron chi connectivity index (χ1n) is 6.68. The lowest BCUT2D eigenvalue weighted by atomic mass is 10.0. The Balaban J connectivity index is 4.10. The Morgan fingerprint density at radius 2 is 1.53 bits per heavy atom. The molecule has 0 fully saturated rings. The van der Waals surface area contributed by atoms with Crippen molar-refractivity contribution in [3.05, 3.63) is 0 Å². The minimum Gasteiger partial charge on any atom is -0.392 e. The molecule has 0 heterocycles. The normalized spacial score (nSPS) is 13.9. The predicted molar refractivity (Wildman–Crippen MR) is 72.8 cm³/mol. The molecule has 7 heteroatoms. The smallest absolute Gasteiger partial charge is 0.330 e. The van der Waals surface area contributed by atoms with Gasteiger partial charge in [0.2, 0.25) is 0 Å². The lowest BCUT2D eigenvalue weighted by Gasteiger charge is -2.14. The van der Waals surface area contributed by atoms with Gasteiger partial charge in [0.15, 0.2) is 0 Å². The van der Waals surface area contributed by atoms with Gasteiger partial charge in [0.25, 0.3) is 0 Å². The number of ether oxygens (including phenoxy) is 1. The van der Waals surface area contributed by atoms with Crippen molar-refractivity contribution in [2.24, 2.45) is 28.9 Å². The highest BCUT2D eigenvalue weighted by atomic mass is 16.6. The summed E-state index contributed by atoms with van der Waals surface area (Å²) in [6, 6.07) is -0.788. The van der Waals surface area contributed by atoms with Crippen LogP contribution in [-0.2, 0) is 14.3 Å². The number of hydrogen-bond acceptors (Lipinski definition) is 7. The zero-order valence-electron chi connectivity index (χ0n) is 11.3. The van der Waals surface area contributed by atoms with E-state index in [0.29, 0.717) is 32.4 Å². The van der Waals surface area contributed by atoms with Crippen molar-refractivity contribution in [2.45, 2.75) is 38.1 Å². The average molecular weight is 274 g/mol. The standard InChI is InChI=1S/C12H26N4O3/c13-6-2-1-5-10(16)12(18)19-11(17)9(8-15)4-3-7-14/h9-10H,1-8,13-16H2/t9?,10-/m0/s1. The molecule has 2 atom stereocenters. The van der Waals surface area contributed by atoms with Crippen molar-refractivity contribution in [3.8, 4) is 0 Å². The van der Waals surface area contributed by atoms with Gasteiger partial charge in [-0.2, -0.15) is 0 Å². The molecule has 1 unspecified atom stereocenters. The fraction of sp³-hybridized carbons (Fsp3) is 0.833. The van der Waals surface area contributed by atoms with Gasteiger partial charge < -0.3 is 27.7 Å². The number of carbonyl (C=O) groups is 2. The molecule has 0 saturated carbocycles. The van der Waals surface area contributed by atoms with E-state index in [1.54, 1.807) is 0 Å². The Morgan fingerprint density at radius 1 is 0.895 bits per heavy atom. The van der Waals surface area contributed by atoms with Gasteiger partial charge in [0.1, 0.15) is 6.04 Å². The highest BCUT2D eigenvalue weighted by Gasteiger charge is 2.24. The van der Waals surface area contributed by atoms with E-state index in [-0.39, 0.29) is 6.54 Å². The van der Waals surface area contributed by atoms with Crippen LogP contribution >= 0.6 is 0 Å². The Morgan fingerprint density at radius 3 is 2.05 bits per heavy atom. The Hall–Kier alpha value is -1.02. The van der Waals surface area contributed by atoms with Gasteiger partial charge in [-0.05, 0) is 38.8 Å².